The normalized spacial score (nSPS) is 12.0. The van der Waals surface area contributed by atoms with Gasteiger partial charge in [-0.25, -0.2) is 0 Å². The number of fused-ring (bicyclic) bond motifs is 6. The molecule has 0 unspecified atom stereocenters. The third kappa shape index (κ3) is 1.93. The van der Waals surface area contributed by atoms with E-state index in [4.69, 9.17) is 0 Å². The van der Waals surface area contributed by atoms with Crippen molar-refractivity contribution in [3.05, 3.63) is 84.2 Å². The SMILES string of the molecule is c1ccc2cc3cc4cc5c(ccc6sccc65)cc4cc3cc2c1. The first-order valence-corrected chi connectivity index (χ1v) is 9.39. The smallest absolute Gasteiger partial charge is 0.0349 e. The molecule has 0 amide bonds. The quantitative estimate of drug-likeness (QED) is 0.252. The standard InChI is InChI=1S/C24H14S/c1-2-4-16-10-19-13-21-14-23-17(5-6-24-22(23)7-8-25-24)11-20(21)12-18(19)9-15(16)3-1/h1-14H. The highest BCUT2D eigenvalue weighted by Gasteiger charge is 2.06. The van der Waals surface area contributed by atoms with Crippen LogP contribution in [0.5, 0.6) is 0 Å². The van der Waals surface area contributed by atoms with Crippen molar-refractivity contribution in [2.24, 2.45) is 0 Å². The fraction of sp³-hybridized carbons (Fsp3) is 0. The van der Waals surface area contributed by atoms with Crippen LogP contribution in [0.25, 0.3) is 53.2 Å². The molecule has 0 radical (unpaired) electrons. The molecule has 0 aliphatic heterocycles. The van der Waals surface area contributed by atoms with E-state index in [0.717, 1.165) is 0 Å². The number of thiophene rings is 1. The molecule has 1 heterocycles. The van der Waals surface area contributed by atoms with E-state index in [2.05, 4.69) is 84.2 Å². The lowest BCUT2D eigenvalue weighted by atomic mass is 9.97. The second-order valence-corrected chi connectivity index (χ2v) is 7.66. The van der Waals surface area contributed by atoms with Crippen molar-refractivity contribution >= 4 is 64.5 Å². The van der Waals surface area contributed by atoms with E-state index in [1.165, 1.54) is 53.2 Å². The molecule has 116 valence electrons. The lowest BCUT2D eigenvalue weighted by Gasteiger charge is -2.08. The highest BCUT2D eigenvalue weighted by atomic mass is 32.1. The van der Waals surface area contributed by atoms with Crippen molar-refractivity contribution in [3.63, 3.8) is 0 Å². The summed E-state index contributed by atoms with van der Waals surface area (Å²) in [7, 11) is 0. The number of hydrogen-bond acceptors (Lipinski definition) is 1. The van der Waals surface area contributed by atoms with Gasteiger partial charge in [0, 0.05) is 10.1 Å². The van der Waals surface area contributed by atoms with Gasteiger partial charge in [-0.15, -0.1) is 11.3 Å². The topological polar surface area (TPSA) is 0 Å². The monoisotopic (exact) mass is 334 g/mol. The number of rotatable bonds is 0. The minimum absolute atomic E-state index is 1.30. The molecule has 6 rings (SSSR count). The summed E-state index contributed by atoms with van der Waals surface area (Å²) in [4.78, 5) is 0. The van der Waals surface area contributed by atoms with Gasteiger partial charge in [0.1, 0.15) is 0 Å². The van der Waals surface area contributed by atoms with Gasteiger partial charge in [0.25, 0.3) is 0 Å². The molecule has 0 aliphatic carbocycles. The zero-order chi connectivity index (χ0) is 16.4. The second kappa shape index (κ2) is 4.81. The molecule has 0 nitrogen and oxygen atoms in total. The van der Waals surface area contributed by atoms with Gasteiger partial charge in [-0.3, -0.25) is 0 Å². The van der Waals surface area contributed by atoms with E-state index >= 15 is 0 Å². The van der Waals surface area contributed by atoms with Crippen LogP contribution >= 0.6 is 11.3 Å². The van der Waals surface area contributed by atoms with Gasteiger partial charge in [-0.1, -0.05) is 30.3 Å². The van der Waals surface area contributed by atoms with Gasteiger partial charge in [0.05, 0.1) is 0 Å². The highest BCUT2D eigenvalue weighted by molar-refractivity contribution is 7.17. The second-order valence-electron chi connectivity index (χ2n) is 6.72. The van der Waals surface area contributed by atoms with Crippen molar-refractivity contribution < 1.29 is 0 Å². The first kappa shape index (κ1) is 13.4. The predicted molar refractivity (Wildman–Crippen MR) is 112 cm³/mol. The van der Waals surface area contributed by atoms with Gasteiger partial charge in [-0.05, 0) is 97.0 Å². The molecular weight excluding hydrogens is 320 g/mol. The summed E-state index contributed by atoms with van der Waals surface area (Å²) in [6.07, 6.45) is 0. The molecule has 0 aliphatic rings. The Morgan fingerprint density at radius 3 is 1.76 bits per heavy atom. The average Bonchev–Trinajstić information content (AvgIpc) is 3.12. The van der Waals surface area contributed by atoms with Crippen LogP contribution in [0.15, 0.2) is 84.2 Å². The summed E-state index contributed by atoms with van der Waals surface area (Å²) in [6, 6.07) is 29.3. The Kier molecular flexibility index (Phi) is 2.58. The Bertz CT molecular complexity index is 1440. The van der Waals surface area contributed by atoms with E-state index < -0.39 is 0 Å². The molecule has 0 saturated carbocycles. The van der Waals surface area contributed by atoms with Gasteiger partial charge >= 0.3 is 0 Å². The Balaban J connectivity index is 1.77. The van der Waals surface area contributed by atoms with E-state index in [0.29, 0.717) is 0 Å². The maximum absolute atomic E-state index is 2.36. The van der Waals surface area contributed by atoms with Crippen LogP contribution < -0.4 is 0 Å². The summed E-state index contributed by atoms with van der Waals surface area (Å²) in [5.41, 5.74) is 0. The average molecular weight is 334 g/mol. The van der Waals surface area contributed by atoms with Crippen molar-refractivity contribution in [3.8, 4) is 0 Å². The maximum atomic E-state index is 2.36. The summed E-state index contributed by atoms with van der Waals surface area (Å²) in [5, 5.41) is 14.1. The van der Waals surface area contributed by atoms with Gasteiger partial charge in [-0.2, -0.15) is 0 Å². The highest BCUT2D eigenvalue weighted by Crippen LogP contribution is 2.34. The lowest BCUT2D eigenvalue weighted by molar-refractivity contribution is 1.79. The van der Waals surface area contributed by atoms with Gasteiger partial charge in [0.15, 0.2) is 0 Å². The molecule has 1 aromatic heterocycles. The molecule has 6 aromatic rings. The molecule has 0 spiro atoms. The van der Waals surface area contributed by atoms with Gasteiger partial charge < -0.3 is 0 Å². The molecule has 1 heteroatoms. The van der Waals surface area contributed by atoms with E-state index in [9.17, 15) is 0 Å². The lowest BCUT2D eigenvalue weighted by Crippen LogP contribution is -1.80. The zero-order valence-corrected chi connectivity index (χ0v) is 14.3. The zero-order valence-electron chi connectivity index (χ0n) is 13.5. The fourth-order valence-electron chi connectivity index (χ4n) is 3.97. The molecular formula is C24H14S. The number of benzene rings is 5. The number of hydrogen-bond donors (Lipinski definition) is 0. The van der Waals surface area contributed by atoms with E-state index in [1.54, 1.807) is 0 Å². The van der Waals surface area contributed by atoms with Crippen molar-refractivity contribution in [2.75, 3.05) is 0 Å². The minimum Gasteiger partial charge on any atom is -0.144 e. The first-order valence-electron chi connectivity index (χ1n) is 8.51. The summed E-state index contributed by atoms with van der Waals surface area (Å²) >= 11 is 1.81. The largest absolute Gasteiger partial charge is 0.144 e. The van der Waals surface area contributed by atoms with Crippen LogP contribution in [0, 0.1) is 0 Å². The van der Waals surface area contributed by atoms with Crippen LogP contribution in [0.2, 0.25) is 0 Å². The predicted octanol–water partition coefficient (Wildman–Crippen LogP) is 7.51. The van der Waals surface area contributed by atoms with Crippen molar-refractivity contribution in [1.29, 1.82) is 0 Å². The molecule has 0 saturated heterocycles. The first-order chi connectivity index (χ1) is 12.3. The van der Waals surface area contributed by atoms with Crippen LogP contribution in [0.1, 0.15) is 0 Å². The molecule has 0 atom stereocenters. The Morgan fingerprint density at radius 1 is 0.440 bits per heavy atom. The molecule has 5 aromatic carbocycles. The van der Waals surface area contributed by atoms with Crippen LogP contribution in [0.3, 0.4) is 0 Å². The van der Waals surface area contributed by atoms with Crippen LogP contribution in [-0.2, 0) is 0 Å². The fourth-order valence-corrected chi connectivity index (χ4v) is 4.77. The summed E-state index contributed by atoms with van der Waals surface area (Å²) in [5.74, 6) is 0. The van der Waals surface area contributed by atoms with E-state index in [-0.39, 0.29) is 0 Å². The maximum Gasteiger partial charge on any atom is 0.0349 e. The minimum atomic E-state index is 1.30. The Labute approximate surface area is 148 Å². The van der Waals surface area contributed by atoms with Crippen molar-refractivity contribution in [1.82, 2.24) is 0 Å². The Hall–Kier alpha value is -2.90. The van der Waals surface area contributed by atoms with Gasteiger partial charge in [0.2, 0.25) is 0 Å². The van der Waals surface area contributed by atoms with Crippen molar-refractivity contribution in [2.45, 2.75) is 0 Å². The molecule has 0 bridgehead atoms. The van der Waals surface area contributed by atoms with E-state index in [1.807, 2.05) is 11.3 Å². The summed E-state index contributed by atoms with van der Waals surface area (Å²) < 4.78 is 1.36. The third-order valence-electron chi connectivity index (χ3n) is 5.23. The molecule has 25 heavy (non-hydrogen) atoms. The molecule has 0 fully saturated rings. The van der Waals surface area contributed by atoms with Crippen LogP contribution in [-0.4, -0.2) is 0 Å². The summed E-state index contributed by atoms with van der Waals surface area (Å²) in [6.45, 7) is 0. The third-order valence-corrected chi connectivity index (χ3v) is 6.11. The molecule has 0 N–H and O–H groups in total. The van der Waals surface area contributed by atoms with Crippen LogP contribution in [0.4, 0.5) is 0 Å². The Morgan fingerprint density at radius 2 is 1.04 bits per heavy atom.